The highest BCUT2D eigenvalue weighted by molar-refractivity contribution is 7.80. The first-order valence-corrected chi connectivity index (χ1v) is 8.56. The summed E-state index contributed by atoms with van der Waals surface area (Å²) in [6, 6.07) is 12.5. The lowest BCUT2D eigenvalue weighted by Crippen LogP contribution is -2.54. The van der Waals surface area contributed by atoms with Crippen LogP contribution in [0.3, 0.4) is 0 Å². The summed E-state index contributed by atoms with van der Waals surface area (Å²) in [6.45, 7) is 1.91. The predicted molar refractivity (Wildman–Crippen MR) is 107 cm³/mol. The second-order valence-electron chi connectivity index (χ2n) is 5.88. The van der Waals surface area contributed by atoms with Crippen LogP contribution >= 0.6 is 12.2 Å². The normalized spacial score (nSPS) is 15.7. The fourth-order valence-corrected chi connectivity index (χ4v) is 3.12. The summed E-state index contributed by atoms with van der Waals surface area (Å²) in [6.07, 6.45) is 1.48. The topological polar surface area (TPSA) is 67.9 Å². The van der Waals surface area contributed by atoms with E-state index in [0.717, 1.165) is 5.56 Å². The van der Waals surface area contributed by atoms with Gasteiger partial charge in [0.05, 0.1) is 19.9 Å². The van der Waals surface area contributed by atoms with E-state index < -0.39 is 11.8 Å². The Balaban J connectivity index is 2.08. The van der Waals surface area contributed by atoms with Gasteiger partial charge in [0.25, 0.3) is 11.8 Å². The van der Waals surface area contributed by atoms with Crippen molar-refractivity contribution in [1.82, 2.24) is 5.32 Å². The van der Waals surface area contributed by atoms with Crippen LogP contribution in [0.1, 0.15) is 11.1 Å². The molecule has 0 atom stereocenters. The third-order valence-electron chi connectivity index (χ3n) is 4.09. The number of hydrogen-bond donors (Lipinski definition) is 1. The van der Waals surface area contributed by atoms with E-state index in [1.807, 2.05) is 25.1 Å². The molecule has 0 aliphatic carbocycles. The maximum atomic E-state index is 13.1. The zero-order chi connectivity index (χ0) is 19.6. The van der Waals surface area contributed by atoms with Gasteiger partial charge < -0.3 is 9.47 Å². The van der Waals surface area contributed by atoms with Crippen LogP contribution in [0.2, 0.25) is 0 Å². The molecule has 2 aromatic rings. The van der Waals surface area contributed by atoms with Crippen LogP contribution in [0, 0.1) is 6.92 Å². The van der Waals surface area contributed by atoms with Gasteiger partial charge >= 0.3 is 0 Å². The fourth-order valence-electron chi connectivity index (χ4n) is 2.84. The number of hydrogen-bond acceptors (Lipinski definition) is 5. The minimum Gasteiger partial charge on any atom is -0.493 e. The summed E-state index contributed by atoms with van der Waals surface area (Å²) < 4.78 is 10.6. The van der Waals surface area contributed by atoms with E-state index in [2.05, 4.69) is 5.32 Å². The molecule has 1 saturated heterocycles. The van der Waals surface area contributed by atoms with Crippen LogP contribution in [0.4, 0.5) is 5.69 Å². The van der Waals surface area contributed by atoms with Crippen molar-refractivity contribution in [2.24, 2.45) is 0 Å². The number of methoxy groups -OCH3 is 2. The van der Waals surface area contributed by atoms with Gasteiger partial charge in [-0.2, -0.15) is 0 Å². The van der Waals surface area contributed by atoms with Crippen LogP contribution in [0.15, 0.2) is 48.0 Å². The van der Waals surface area contributed by atoms with Crippen molar-refractivity contribution < 1.29 is 19.1 Å². The number of carbonyl (C=O) groups is 2. The second kappa shape index (κ2) is 7.59. The van der Waals surface area contributed by atoms with Crippen LogP contribution in [0.25, 0.3) is 6.08 Å². The average Bonchev–Trinajstić information content (AvgIpc) is 2.64. The molecule has 1 N–H and O–H groups in total. The minimum atomic E-state index is -0.557. The molecular formula is C20H18N2O4S. The molecular weight excluding hydrogens is 364 g/mol. The maximum absolute atomic E-state index is 13.1. The lowest BCUT2D eigenvalue weighted by Gasteiger charge is -2.29. The molecule has 6 nitrogen and oxygen atoms in total. The maximum Gasteiger partial charge on any atom is 0.270 e. The highest BCUT2D eigenvalue weighted by atomic mass is 32.1. The van der Waals surface area contributed by atoms with Gasteiger partial charge in [0.2, 0.25) is 0 Å². The van der Waals surface area contributed by atoms with Gasteiger partial charge in [0.1, 0.15) is 5.57 Å². The van der Waals surface area contributed by atoms with E-state index in [-0.39, 0.29) is 10.7 Å². The molecule has 0 bridgehead atoms. The number of rotatable bonds is 4. The van der Waals surface area contributed by atoms with Gasteiger partial charge in [-0.1, -0.05) is 24.3 Å². The number of aryl methyl sites for hydroxylation is 1. The van der Waals surface area contributed by atoms with Gasteiger partial charge in [-0.15, -0.1) is 0 Å². The third kappa shape index (κ3) is 3.54. The predicted octanol–water partition coefficient (Wildman–Crippen LogP) is 2.84. The number of ether oxygens (including phenoxy) is 2. The first-order valence-electron chi connectivity index (χ1n) is 8.15. The molecule has 2 aromatic carbocycles. The van der Waals surface area contributed by atoms with Crippen molar-refractivity contribution in [3.8, 4) is 11.5 Å². The lowest BCUT2D eigenvalue weighted by molar-refractivity contribution is -0.122. The van der Waals surface area contributed by atoms with E-state index in [4.69, 9.17) is 21.7 Å². The molecule has 1 aliphatic heterocycles. The SMILES string of the molecule is COc1cccc(C=C2C(=O)NC(=S)N(c3cccc(C)c3)C2=O)c1OC. The lowest BCUT2D eigenvalue weighted by atomic mass is 10.1. The highest BCUT2D eigenvalue weighted by Crippen LogP contribution is 2.33. The summed E-state index contributed by atoms with van der Waals surface area (Å²) in [5.74, 6) is -0.122. The van der Waals surface area contributed by atoms with Gasteiger partial charge in [0.15, 0.2) is 16.6 Å². The molecule has 0 spiro atoms. The number of nitrogens with zero attached hydrogens (tertiary/aromatic N) is 1. The number of para-hydroxylation sites is 1. The Kier molecular flexibility index (Phi) is 5.23. The zero-order valence-corrected chi connectivity index (χ0v) is 15.9. The summed E-state index contributed by atoms with van der Waals surface area (Å²) >= 11 is 5.21. The number of amides is 2. The van der Waals surface area contributed by atoms with Crippen molar-refractivity contribution in [3.63, 3.8) is 0 Å². The summed E-state index contributed by atoms with van der Waals surface area (Å²) in [4.78, 5) is 26.8. The van der Waals surface area contributed by atoms with Crippen molar-refractivity contribution in [2.45, 2.75) is 6.92 Å². The molecule has 27 heavy (non-hydrogen) atoms. The molecule has 1 heterocycles. The van der Waals surface area contributed by atoms with Crippen LogP contribution in [-0.2, 0) is 9.59 Å². The van der Waals surface area contributed by atoms with E-state index in [1.165, 1.54) is 25.2 Å². The molecule has 1 aliphatic rings. The number of thiocarbonyl (C=S) groups is 1. The van der Waals surface area contributed by atoms with Gasteiger partial charge in [-0.05, 0) is 49.0 Å². The van der Waals surface area contributed by atoms with E-state index >= 15 is 0 Å². The monoisotopic (exact) mass is 382 g/mol. The highest BCUT2D eigenvalue weighted by Gasteiger charge is 2.34. The zero-order valence-electron chi connectivity index (χ0n) is 15.1. The van der Waals surface area contributed by atoms with E-state index in [0.29, 0.717) is 22.7 Å². The minimum absolute atomic E-state index is 0.0448. The molecule has 0 aromatic heterocycles. The molecule has 0 radical (unpaired) electrons. The molecule has 0 saturated carbocycles. The Morgan fingerprint density at radius 3 is 2.48 bits per heavy atom. The summed E-state index contributed by atoms with van der Waals surface area (Å²) in [5, 5.41) is 2.62. The van der Waals surface area contributed by atoms with Crippen LogP contribution in [0.5, 0.6) is 11.5 Å². The van der Waals surface area contributed by atoms with Crippen molar-refractivity contribution in [1.29, 1.82) is 0 Å². The first-order chi connectivity index (χ1) is 13.0. The first kappa shape index (κ1) is 18.6. The Morgan fingerprint density at radius 2 is 1.81 bits per heavy atom. The standard InChI is InChI=1S/C20H18N2O4S/c1-12-6-4-8-14(10-12)22-19(24)15(18(23)21-20(22)27)11-13-7-5-9-16(25-2)17(13)26-3/h4-11H,1-3H3,(H,21,23,27). The summed E-state index contributed by atoms with van der Waals surface area (Å²) in [5.41, 5.74) is 2.07. The van der Waals surface area contributed by atoms with Crippen LogP contribution < -0.4 is 19.7 Å². The van der Waals surface area contributed by atoms with Gasteiger partial charge in [0, 0.05) is 5.56 Å². The Morgan fingerprint density at radius 1 is 1.07 bits per heavy atom. The molecule has 7 heteroatoms. The number of benzene rings is 2. The van der Waals surface area contributed by atoms with Crippen molar-refractivity contribution in [3.05, 3.63) is 59.2 Å². The Hall–Kier alpha value is -3.19. The molecule has 0 unspecified atom stereocenters. The Labute approximate surface area is 162 Å². The average molecular weight is 382 g/mol. The largest absolute Gasteiger partial charge is 0.493 e. The number of carbonyl (C=O) groups excluding carboxylic acids is 2. The van der Waals surface area contributed by atoms with Gasteiger partial charge in [-0.25, -0.2) is 0 Å². The van der Waals surface area contributed by atoms with E-state index in [9.17, 15) is 9.59 Å². The Bertz CT molecular complexity index is 968. The van der Waals surface area contributed by atoms with E-state index in [1.54, 1.807) is 24.3 Å². The van der Waals surface area contributed by atoms with Crippen molar-refractivity contribution in [2.75, 3.05) is 19.1 Å². The number of nitrogens with one attached hydrogen (secondary N) is 1. The molecule has 138 valence electrons. The molecule has 3 rings (SSSR count). The third-order valence-corrected chi connectivity index (χ3v) is 4.38. The second-order valence-corrected chi connectivity index (χ2v) is 6.27. The quantitative estimate of drug-likeness (QED) is 0.500. The number of anilines is 1. The smallest absolute Gasteiger partial charge is 0.270 e. The van der Waals surface area contributed by atoms with Gasteiger partial charge in [-0.3, -0.25) is 19.8 Å². The van der Waals surface area contributed by atoms with Crippen LogP contribution in [-0.4, -0.2) is 31.1 Å². The molecule has 1 fully saturated rings. The summed E-state index contributed by atoms with van der Waals surface area (Å²) in [7, 11) is 3.02. The fraction of sp³-hybridized carbons (Fsp3) is 0.150. The van der Waals surface area contributed by atoms with Crippen molar-refractivity contribution >= 4 is 40.9 Å². The molecule has 2 amide bonds.